The smallest absolute Gasteiger partial charge is 0.248 e. The molecule has 1 amide bonds. The summed E-state index contributed by atoms with van der Waals surface area (Å²) < 4.78 is 12.2. The Morgan fingerprint density at radius 2 is 1.88 bits per heavy atom. The first kappa shape index (κ1) is 19.5. The first-order valence-electron chi connectivity index (χ1n) is 7.67. The van der Waals surface area contributed by atoms with Gasteiger partial charge in [-0.1, -0.05) is 13.0 Å². The van der Waals surface area contributed by atoms with Crippen LogP contribution in [0.25, 0.3) is 6.08 Å². The van der Waals surface area contributed by atoms with E-state index in [1.54, 1.807) is 26.4 Å². The lowest BCUT2D eigenvalue weighted by Crippen LogP contribution is -2.08. The van der Waals surface area contributed by atoms with Crippen molar-refractivity contribution in [1.29, 1.82) is 0 Å². The van der Waals surface area contributed by atoms with Gasteiger partial charge in [-0.2, -0.15) is 0 Å². The number of nitrogens with one attached hydrogen (secondary N) is 1. The highest BCUT2D eigenvalue weighted by molar-refractivity contribution is 9.11. The maximum Gasteiger partial charge on any atom is 0.248 e. The molecule has 0 heterocycles. The monoisotopic (exact) mass is 467 g/mol. The Balaban J connectivity index is 2.14. The summed E-state index contributed by atoms with van der Waals surface area (Å²) in [5, 5.41) is 2.86. The van der Waals surface area contributed by atoms with Crippen LogP contribution in [-0.2, 0) is 11.2 Å². The predicted molar refractivity (Wildman–Crippen MR) is 108 cm³/mol. The Morgan fingerprint density at radius 1 is 1.12 bits per heavy atom. The van der Waals surface area contributed by atoms with E-state index >= 15 is 0 Å². The molecule has 132 valence electrons. The molecular formula is C19H19Br2NO3. The van der Waals surface area contributed by atoms with E-state index in [1.165, 1.54) is 11.6 Å². The third-order valence-corrected chi connectivity index (χ3v) is 4.83. The quantitative estimate of drug-likeness (QED) is 0.574. The molecule has 0 saturated heterocycles. The van der Waals surface area contributed by atoms with Crippen LogP contribution in [0.15, 0.2) is 45.4 Å². The minimum absolute atomic E-state index is 0.212. The van der Waals surface area contributed by atoms with Crippen molar-refractivity contribution in [2.24, 2.45) is 0 Å². The second-order valence-electron chi connectivity index (χ2n) is 5.23. The molecule has 0 aromatic heterocycles. The van der Waals surface area contributed by atoms with Crippen LogP contribution in [0.5, 0.6) is 11.5 Å². The van der Waals surface area contributed by atoms with Gasteiger partial charge in [0.15, 0.2) is 11.5 Å². The number of ether oxygens (including phenoxy) is 2. The molecule has 2 aromatic rings. The van der Waals surface area contributed by atoms with Gasteiger partial charge in [-0.25, -0.2) is 0 Å². The average molecular weight is 469 g/mol. The first-order chi connectivity index (χ1) is 12.0. The molecule has 0 aliphatic carbocycles. The number of methoxy groups -OCH3 is 2. The number of carbonyl (C=O) groups is 1. The zero-order valence-electron chi connectivity index (χ0n) is 14.2. The Kier molecular flexibility index (Phi) is 7.08. The highest BCUT2D eigenvalue weighted by Crippen LogP contribution is 2.36. The fourth-order valence-electron chi connectivity index (χ4n) is 2.26. The molecule has 0 aliphatic rings. The van der Waals surface area contributed by atoms with Crippen molar-refractivity contribution in [3.8, 4) is 11.5 Å². The average Bonchev–Trinajstić information content (AvgIpc) is 2.61. The number of benzene rings is 2. The topological polar surface area (TPSA) is 47.6 Å². The van der Waals surface area contributed by atoms with E-state index in [0.717, 1.165) is 26.6 Å². The van der Waals surface area contributed by atoms with Crippen LogP contribution in [0.4, 0.5) is 5.69 Å². The van der Waals surface area contributed by atoms with E-state index < -0.39 is 0 Å². The molecule has 0 saturated carbocycles. The van der Waals surface area contributed by atoms with Crippen LogP contribution >= 0.6 is 31.9 Å². The fraction of sp³-hybridized carbons (Fsp3) is 0.211. The molecule has 25 heavy (non-hydrogen) atoms. The summed E-state index contributed by atoms with van der Waals surface area (Å²) in [5.41, 5.74) is 2.76. The van der Waals surface area contributed by atoms with Gasteiger partial charge in [0, 0.05) is 10.5 Å². The maximum atomic E-state index is 12.2. The third-order valence-electron chi connectivity index (χ3n) is 3.58. The largest absolute Gasteiger partial charge is 0.493 e. The molecule has 0 atom stereocenters. The van der Waals surface area contributed by atoms with Gasteiger partial charge < -0.3 is 14.8 Å². The third kappa shape index (κ3) is 5.09. The minimum atomic E-state index is -0.212. The summed E-state index contributed by atoms with van der Waals surface area (Å²) >= 11 is 6.92. The molecule has 2 rings (SSSR count). The normalized spacial score (nSPS) is 10.8. The van der Waals surface area contributed by atoms with Crippen molar-refractivity contribution in [3.63, 3.8) is 0 Å². The van der Waals surface area contributed by atoms with Crippen LogP contribution in [0.3, 0.4) is 0 Å². The molecule has 0 unspecified atom stereocenters. The Labute approximate surface area is 164 Å². The van der Waals surface area contributed by atoms with Gasteiger partial charge in [-0.15, -0.1) is 0 Å². The van der Waals surface area contributed by atoms with Crippen molar-refractivity contribution in [3.05, 3.63) is 56.5 Å². The molecule has 0 fully saturated rings. The van der Waals surface area contributed by atoms with E-state index in [1.807, 2.05) is 24.3 Å². The Morgan fingerprint density at radius 3 is 2.48 bits per heavy atom. The van der Waals surface area contributed by atoms with Gasteiger partial charge >= 0.3 is 0 Å². The second-order valence-corrected chi connectivity index (χ2v) is 6.94. The molecule has 0 radical (unpaired) electrons. The molecule has 1 N–H and O–H groups in total. The van der Waals surface area contributed by atoms with Crippen molar-refractivity contribution >= 4 is 49.5 Å². The molecule has 0 spiro atoms. The standard InChI is InChI=1S/C19H19Br2NO3/c1-4-12-5-7-16(14(20)9-12)22-18(23)8-6-13-10-15(21)19(25-3)17(11-13)24-2/h5-11H,4H2,1-3H3,(H,22,23)/b8-6+. The summed E-state index contributed by atoms with van der Waals surface area (Å²) in [7, 11) is 3.15. The molecule has 4 nitrogen and oxygen atoms in total. The highest BCUT2D eigenvalue weighted by Gasteiger charge is 2.10. The van der Waals surface area contributed by atoms with E-state index in [9.17, 15) is 4.79 Å². The van der Waals surface area contributed by atoms with Crippen molar-refractivity contribution in [2.75, 3.05) is 19.5 Å². The van der Waals surface area contributed by atoms with E-state index in [-0.39, 0.29) is 5.91 Å². The van der Waals surface area contributed by atoms with Gasteiger partial charge in [-0.05, 0) is 79.7 Å². The molecule has 6 heteroatoms. The van der Waals surface area contributed by atoms with E-state index in [0.29, 0.717) is 11.5 Å². The second kappa shape index (κ2) is 9.06. The number of amides is 1. The van der Waals surface area contributed by atoms with Gasteiger partial charge in [0.2, 0.25) is 5.91 Å². The summed E-state index contributed by atoms with van der Waals surface area (Å²) in [6, 6.07) is 9.55. The summed E-state index contributed by atoms with van der Waals surface area (Å²) in [4.78, 5) is 12.2. The number of carbonyl (C=O) groups excluding carboxylic acids is 1. The van der Waals surface area contributed by atoms with Gasteiger partial charge in [-0.3, -0.25) is 4.79 Å². The number of hydrogen-bond acceptors (Lipinski definition) is 3. The van der Waals surface area contributed by atoms with Crippen molar-refractivity contribution < 1.29 is 14.3 Å². The summed E-state index contributed by atoms with van der Waals surface area (Å²) in [5.74, 6) is 0.995. The fourth-order valence-corrected chi connectivity index (χ4v) is 3.41. The summed E-state index contributed by atoms with van der Waals surface area (Å²) in [6.45, 7) is 2.09. The van der Waals surface area contributed by atoms with E-state index in [4.69, 9.17) is 9.47 Å². The number of anilines is 1. The van der Waals surface area contributed by atoms with Crippen molar-refractivity contribution in [1.82, 2.24) is 0 Å². The number of halogens is 2. The number of rotatable bonds is 6. The minimum Gasteiger partial charge on any atom is -0.493 e. The number of hydrogen-bond donors (Lipinski definition) is 1. The van der Waals surface area contributed by atoms with Crippen LogP contribution < -0.4 is 14.8 Å². The van der Waals surface area contributed by atoms with E-state index in [2.05, 4.69) is 44.1 Å². The predicted octanol–water partition coefficient (Wildman–Crippen LogP) is 5.44. The molecule has 0 aliphatic heterocycles. The lowest BCUT2D eigenvalue weighted by atomic mass is 10.1. The van der Waals surface area contributed by atoms with Crippen molar-refractivity contribution in [2.45, 2.75) is 13.3 Å². The zero-order valence-corrected chi connectivity index (χ0v) is 17.4. The maximum absolute atomic E-state index is 12.2. The van der Waals surface area contributed by atoms with Crippen LogP contribution in [0.2, 0.25) is 0 Å². The highest BCUT2D eigenvalue weighted by atomic mass is 79.9. The first-order valence-corrected chi connectivity index (χ1v) is 9.26. The SMILES string of the molecule is CCc1ccc(NC(=O)/C=C/c2cc(Br)c(OC)c(OC)c2)c(Br)c1. The molecular weight excluding hydrogens is 450 g/mol. The lowest BCUT2D eigenvalue weighted by Gasteiger charge is -2.10. The Hall–Kier alpha value is -1.79. The van der Waals surface area contributed by atoms with Crippen LogP contribution in [0.1, 0.15) is 18.1 Å². The van der Waals surface area contributed by atoms with Gasteiger partial charge in [0.05, 0.1) is 24.4 Å². The van der Waals surface area contributed by atoms with Gasteiger partial charge in [0.25, 0.3) is 0 Å². The molecule has 0 bridgehead atoms. The van der Waals surface area contributed by atoms with Gasteiger partial charge in [0.1, 0.15) is 0 Å². The lowest BCUT2D eigenvalue weighted by molar-refractivity contribution is -0.111. The summed E-state index contributed by atoms with van der Waals surface area (Å²) in [6.07, 6.45) is 4.14. The van der Waals surface area contributed by atoms with Crippen LogP contribution in [-0.4, -0.2) is 20.1 Å². The van der Waals surface area contributed by atoms with Crippen LogP contribution in [0, 0.1) is 0 Å². The number of aryl methyl sites for hydroxylation is 1. The zero-order chi connectivity index (χ0) is 18.4. The molecule has 2 aromatic carbocycles. The Bertz CT molecular complexity index is 803.